The lowest BCUT2D eigenvalue weighted by atomic mass is 10.1. The van der Waals surface area contributed by atoms with E-state index in [0.29, 0.717) is 25.8 Å². The van der Waals surface area contributed by atoms with Crippen LogP contribution in [0.4, 0.5) is 18.9 Å². The van der Waals surface area contributed by atoms with E-state index in [1.807, 2.05) is 24.3 Å². The summed E-state index contributed by atoms with van der Waals surface area (Å²) in [6, 6.07) is 11.4. The third-order valence-electron chi connectivity index (χ3n) is 6.18. The number of para-hydroxylation sites is 2. The van der Waals surface area contributed by atoms with Gasteiger partial charge >= 0.3 is 6.18 Å². The maximum atomic E-state index is 13.1. The summed E-state index contributed by atoms with van der Waals surface area (Å²) in [7, 11) is 0. The molecule has 1 aromatic heterocycles. The monoisotopic (exact) mass is 442 g/mol. The Morgan fingerprint density at radius 3 is 2.56 bits per heavy atom. The number of carbonyl (C=O) groups is 2. The van der Waals surface area contributed by atoms with Gasteiger partial charge < -0.3 is 15.2 Å². The summed E-state index contributed by atoms with van der Waals surface area (Å²) in [6.45, 7) is 0.493. The molecule has 5 rings (SSSR count). The Bertz CT molecular complexity index is 1140. The van der Waals surface area contributed by atoms with Gasteiger partial charge in [-0.3, -0.25) is 9.59 Å². The van der Waals surface area contributed by atoms with Crippen LogP contribution in [0, 0.1) is 5.92 Å². The number of likely N-dealkylation sites (tertiary alicyclic amines) is 1. The first-order valence-corrected chi connectivity index (χ1v) is 10.5. The van der Waals surface area contributed by atoms with E-state index in [1.165, 1.54) is 12.1 Å². The fourth-order valence-electron chi connectivity index (χ4n) is 4.40. The first-order chi connectivity index (χ1) is 15.3. The number of nitrogens with one attached hydrogen (secondary N) is 2. The summed E-state index contributed by atoms with van der Waals surface area (Å²) >= 11 is 0. The van der Waals surface area contributed by atoms with Crippen LogP contribution < -0.4 is 5.32 Å². The van der Waals surface area contributed by atoms with Crippen molar-refractivity contribution in [3.8, 4) is 0 Å². The highest BCUT2D eigenvalue weighted by molar-refractivity contribution is 5.98. The molecule has 0 spiro atoms. The number of aromatic amines is 1. The summed E-state index contributed by atoms with van der Waals surface area (Å²) in [5.74, 6) is 0.135. The molecule has 2 aromatic carbocycles. The van der Waals surface area contributed by atoms with Crippen LogP contribution in [0.3, 0.4) is 0 Å². The number of benzene rings is 2. The predicted octanol–water partition coefficient (Wildman–Crippen LogP) is 4.31. The Morgan fingerprint density at radius 2 is 1.84 bits per heavy atom. The molecule has 2 heterocycles. The molecule has 1 aliphatic heterocycles. The van der Waals surface area contributed by atoms with Crippen molar-refractivity contribution in [2.45, 2.75) is 37.4 Å². The third kappa shape index (κ3) is 3.83. The van der Waals surface area contributed by atoms with E-state index in [9.17, 15) is 22.8 Å². The van der Waals surface area contributed by atoms with Crippen molar-refractivity contribution in [3.63, 3.8) is 0 Å². The van der Waals surface area contributed by atoms with E-state index in [0.717, 1.165) is 29.0 Å². The lowest BCUT2D eigenvalue weighted by molar-refractivity contribution is -0.138. The van der Waals surface area contributed by atoms with Gasteiger partial charge in [0.05, 0.1) is 16.6 Å². The fraction of sp³-hybridized carbons (Fsp3) is 0.348. The molecular formula is C23H21F3N4O2. The summed E-state index contributed by atoms with van der Waals surface area (Å²) in [4.78, 5) is 35.3. The molecule has 1 aliphatic carbocycles. The summed E-state index contributed by atoms with van der Waals surface area (Å²) in [5.41, 5.74) is 1.28. The molecule has 0 radical (unpaired) electrons. The number of amides is 2. The average Bonchev–Trinajstić information content (AvgIpc) is 3.20. The second kappa shape index (κ2) is 7.65. The van der Waals surface area contributed by atoms with Crippen molar-refractivity contribution in [1.29, 1.82) is 0 Å². The number of aromatic nitrogens is 2. The van der Waals surface area contributed by atoms with Gasteiger partial charge in [-0.05, 0) is 55.7 Å². The molecule has 2 fully saturated rings. The second-order valence-corrected chi connectivity index (χ2v) is 8.34. The SMILES string of the molecule is O=C(Nc1ccc(C(F)(F)F)cc1)[C@H]1CCCN1C(=O)[C@@H]1C[C@H]1c1nc2ccccc2[nH]1. The predicted molar refractivity (Wildman–Crippen MR) is 112 cm³/mol. The minimum atomic E-state index is -4.43. The van der Waals surface area contributed by atoms with E-state index in [2.05, 4.69) is 15.3 Å². The van der Waals surface area contributed by atoms with Crippen LogP contribution in [0.15, 0.2) is 48.5 Å². The Kier molecular flexibility index (Phi) is 4.91. The van der Waals surface area contributed by atoms with E-state index < -0.39 is 17.8 Å². The number of imidazole rings is 1. The summed E-state index contributed by atoms with van der Waals surface area (Å²) in [6.07, 6.45) is -2.51. The molecule has 1 saturated carbocycles. The number of carbonyl (C=O) groups excluding carboxylic acids is 2. The average molecular weight is 442 g/mol. The number of hydrogen-bond donors (Lipinski definition) is 2. The molecule has 2 N–H and O–H groups in total. The lowest BCUT2D eigenvalue weighted by Crippen LogP contribution is -2.44. The first-order valence-electron chi connectivity index (χ1n) is 10.5. The van der Waals surface area contributed by atoms with Crippen molar-refractivity contribution in [2.24, 2.45) is 5.92 Å². The van der Waals surface area contributed by atoms with Crippen LogP contribution in [0.25, 0.3) is 11.0 Å². The molecule has 6 nitrogen and oxygen atoms in total. The molecule has 9 heteroatoms. The number of alkyl halides is 3. The minimum Gasteiger partial charge on any atom is -0.342 e. The van der Waals surface area contributed by atoms with Gasteiger partial charge in [-0.2, -0.15) is 13.2 Å². The van der Waals surface area contributed by atoms with Gasteiger partial charge in [-0.25, -0.2) is 4.98 Å². The van der Waals surface area contributed by atoms with Gasteiger partial charge in [0.25, 0.3) is 0 Å². The van der Waals surface area contributed by atoms with Crippen molar-refractivity contribution in [2.75, 3.05) is 11.9 Å². The lowest BCUT2D eigenvalue weighted by Gasteiger charge is -2.24. The van der Waals surface area contributed by atoms with E-state index in [1.54, 1.807) is 4.90 Å². The van der Waals surface area contributed by atoms with Gasteiger partial charge in [0, 0.05) is 24.1 Å². The topological polar surface area (TPSA) is 78.1 Å². The molecule has 166 valence electrons. The van der Waals surface area contributed by atoms with Crippen LogP contribution in [-0.4, -0.2) is 39.3 Å². The molecule has 1 saturated heterocycles. The number of H-pyrrole nitrogens is 1. The highest BCUT2D eigenvalue weighted by Crippen LogP contribution is 2.48. The highest BCUT2D eigenvalue weighted by atomic mass is 19.4. The number of rotatable bonds is 4. The third-order valence-corrected chi connectivity index (χ3v) is 6.18. The number of halogens is 3. The maximum Gasteiger partial charge on any atom is 0.416 e. The van der Waals surface area contributed by atoms with Crippen LogP contribution >= 0.6 is 0 Å². The second-order valence-electron chi connectivity index (χ2n) is 8.34. The van der Waals surface area contributed by atoms with Gasteiger partial charge in [-0.1, -0.05) is 12.1 Å². The summed E-state index contributed by atoms with van der Waals surface area (Å²) in [5, 5.41) is 2.65. The van der Waals surface area contributed by atoms with Crippen LogP contribution in [0.5, 0.6) is 0 Å². The largest absolute Gasteiger partial charge is 0.416 e. The molecule has 32 heavy (non-hydrogen) atoms. The molecule has 0 bridgehead atoms. The molecule has 3 aromatic rings. The maximum absolute atomic E-state index is 13.1. The zero-order chi connectivity index (χ0) is 22.5. The number of hydrogen-bond acceptors (Lipinski definition) is 3. The normalized spacial score (nSPS) is 22.8. The van der Waals surface area contributed by atoms with Crippen molar-refractivity contribution in [3.05, 3.63) is 59.9 Å². The molecule has 3 atom stereocenters. The molecule has 2 amide bonds. The number of anilines is 1. The minimum absolute atomic E-state index is 0.00845. The molecule has 2 aliphatic rings. The van der Waals surface area contributed by atoms with Crippen molar-refractivity contribution < 1.29 is 22.8 Å². The Morgan fingerprint density at radius 1 is 1.09 bits per heavy atom. The van der Waals surface area contributed by atoms with Crippen molar-refractivity contribution in [1.82, 2.24) is 14.9 Å². The Labute approximate surface area is 181 Å². The summed E-state index contributed by atoms with van der Waals surface area (Å²) < 4.78 is 38.2. The molecular weight excluding hydrogens is 421 g/mol. The van der Waals surface area contributed by atoms with Crippen LogP contribution in [0.1, 0.15) is 36.6 Å². The highest BCUT2D eigenvalue weighted by Gasteiger charge is 2.50. The van der Waals surface area contributed by atoms with E-state index >= 15 is 0 Å². The zero-order valence-electron chi connectivity index (χ0n) is 17.0. The number of nitrogens with zero attached hydrogens (tertiary/aromatic N) is 2. The quantitative estimate of drug-likeness (QED) is 0.632. The first kappa shape index (κ1) is 20.5. The number of fused-ring (bicyclic) bond motifs is 1. The van der Waals surface area contributed by atoms with Gasteiger partial charge in [-0.15, -0.1) is 0 Å². The zero-order valence-corrected chi connectivity index (χ0v) is 17.0. The smallest absolute Gasteiger partial charge is 0.342 e. The van der Waals surface area contributed by atoms with Crippen molar-refractivity contribution >= 4 is 28.5 Å². The van der Waals surface area contributed by atoms with Gasteiger partial charge in [0.1, 0.15) is 11.9 Å². The van der Waals surface area contributed by atoms with Gasteiger partial charge in [0.2, 0.25) is 11.8 Å². The van der Waals surface area contributed by atoms with Crippen LogP contribution in [-0.2, 0) is 15.8 Å². The molecule has 0 unspecified atom stereocenters. The van der Waals surface area contributed by atoms with Gasteiger partial charge in [0.15, 0.2) is 0 Å². The van der Waals surface area contributed by atoms with E-state index in [4.69, 9.17) is 0 Å². The van der Waals surface area contributed by atoms with Crippen LogP contribution in [0.2, 0.25) is 0 Å². The van der Waals surface area contributed by atoms with E-state index in [-0.39, 0.29) is 29.3 Å². The Hall–Kier alpha value is -3.36. The Balaban J connectivity index is 1.24. The fourth-order valence-corrected chi connectivity index (χ4v) is 4.40. The standard InChI is InChI=1S/C23H21F3N4O2/c24-23(25,26)13-7-9-14(10-8-13)27-21(31)19-6-3-11-30(19)22(32)16-12-15(16)20-28-17-4-1-2-5-18(17)29-20/h1-2,4-5,7-10,15-16,19H,3,6,11-12H2,(H,27,31)(H,28,29)/t15-,16-,19-/m1/s1.